The van der Waals surface area contributed by atoms with Gasteiger partial charge in [0.25, 0.3) is 11.8 Å². The molecule has 8 nitrogen and oxygen atoms in total. The Bertz CT molecular complexity index is 870. The summed E-state index contributed by atoms with van der Waals surface area (Å²) in [5.74, 6) is 0.0122. The molecule has 2 amide bonds. The second kappa shape index (κ2) is 9.44. The van der Waals surface area contributed by atoms with Gasteiger partial charge in [-0.25, -0.2) is 5.43 Å². The lowest BCUT2D eigenvalue weighted by Gasteiger charge is -2.12. The number of amides is 2. The van der Waals surface area contributed by atoms with Gasteiger partial charge < -0.3 is 19.9 Å². The molecule has 0 saturated heterocycles. The van der Waals surface area contributed by atoms with Gasteiger partial charge in [0.2, 0.25) is 0 Å². The van der Waals surface area contributed by atoms with Gasteiger partial charge in [-0.15, -0.1) is 0 Å². The number of carbonyl (C=O) groups is 2. The number of hydrogen-bond acceptors (Lipinski definition) is 6. The molecule has 2 aromatic rings. The maximum atomic E-state index is 12.1. The molecular weight excluding hydrogens is 374 g/mol. The molecule has 0 aromatic heterocycles. The molecule has 0 aliphatic rings. The van der Waals surface area contributed by atoms with Crippen LogP contribution in [0.5, 0.6) is 17.2 Å². The van der Waals surface area contributed by atoms with E-state index < -0.39 is 11.8 Å². The fraction of sp³-hybridized carbons (Fsp3) is 0.167. The van der Waals surface area contributed by atoms with Crippen molar-refractivity contribution >= 4 is 29.6 Å². The summed E-state index contributed by atoms with van der Waals surface area (Å²) >= 11 is 6.15. The molecule has 0 saturated carbocycles. The monoisotopic (exact) mass is 391 g/mol. The minimum absolute atomic E-state index is 0.190. The van der Waals surface area contributed by atoms with Gasteiger partial charge in [0.05, 0.1) is 25.5 Å². The Hall–Kier alpha value is -3.26. The highest BCUT2D eigenvalue weighted by atomic mass is 35.5. The average molecular weight is 392 g/mol. The summed E-state index contributed by atoms with van der Waals surface area (Å²) in [6.07, 6.45) is 1.39. The summed E-state index contributed by atoms with van der Waals surface area (Å²) in [6.45, 7) is -0.333. The molecule has 2 rings (SSSR count). The molecule has 0 aliphatic heterocycles. The molecule has 0 unspecified atom stereocenters. The van der Waals surface area contributed by atoms with Gasteiger partial charge >= 0.3 is 0 Å². The minimum Gasteiger partial charge on any atom is -0.497 e. The second-order valence-corrected chi connectivity index (χ2v) is 5.63. The van der Waals surface area contributed by atoms with Gasteiger partial charge in [-0.05, 0) is 35.9 Å². The van der Waals surface area contributed by atoms with Crippen molar-refractivity contribution in [3.63, 3.8) is 0 Å². The molecule has 0 aliphatic carbocycles. The first-order valence-corrected chi connectivity index (χ1v) is 8.08. The first kappa shape index (κ1) is 20.1. The largest absolute Gasteiger partial charge is 0.497 e. The van der Waals surface area contributed by atoms with Crippen molar-refractivity contribution in [1.82, 2.24) is 5.43 Å². The number of ether oxygens (including phenoxy) is 3. The highest BCUT2D eigenvalue weighted by Crippen LogP contribution is 2.36. The molecule has 0 heterocycles. The smallest absolute Gasteiger partial charge is 0.271 e. The summed E-state index contributed by atoms with van der Waals surface area (Å²) < 4.78 is 15.5. The van der Waals surface area contributed by atoms with Crippen LogP contribution in [0.25, 0.3) is 0 Å². The summed E-state index contributed by atoms with van der Waals surface area (Å²) in [5.41, 5.74) is 8.41. The number of rotatable bonds is 8. The first-order chi connectivity index (χ1) is 12.9. The van der Waals surface area contributed by atoms with Crippen LogP contribution in [0, 0.1) is 0 Å². The van der Waals surface area contributed by atoms with Crippen molar-refractivity contribution in [2.75, 3.05) is 20.8 Å². The van der Waals surface area contributed by atoms with E-state index in [1.165, 1.54) is 20.4 Å². The van der Waals surface area contributed by atoms with E-state index in [4.69, 9.17) is 31.5 Å². The van der Waals surface area contributed by atoms with Gasteiger partial charge in [0.1, 0.15) is 5.75 Å². The van der Waals surface area contributed by atoms with Crippen LogP contribution in [0.4, 0.5) is 0 Å². The summed E-state index contributed by atoms with van der Waals surface area (Å²) in [6, 6.07) is 9.79. The zero-order chi connectivity index (χ0) is 19.8. The molecular formula is C18H18ClN3O5. The van der Waals surface area contributed by atoms with Crippen molar-refractivity contribution < 1.29 is 23.8 Å². The van der Waals surface area contributed by atoms with Crippen molar-refractivity contribution in [1.29, 1.82) is 0 Å². The third-order valence-corrected chi connectivity index (χ3v) is 3.60. The Kier molecular flexibility index (Phi) is 7.01. The number of nitrogens with one attached hydrogen (secondary N) is 1. The molecule has 0 bridgehead atoms. The number of halogens is 1. The van der Waals surface area contributed by atoms with Crippen molar-refractivity contribution in [3.8, 4) is 17.2 Å². The van der Waals surface area contributed by atoms with E-state index in [9.17, 15) is 9.59 Å². The van der Waals surface area contributed by atoms with Crippen LogP contribution in [-0.4, -0.2) is 38.9 Å². The molecule has 0 spiro atoms. The Morgan fingerprint density at radius 1 is 1.22 bits per heavy atom. The molecule has 142 valence electrons. The number of hydrogen-bond donors (Lipinski definition) is 2. The summed E-state index contributed by atoms with van der Waals surface area (Å²) in [4.78, 5) is 23.0. The molecule has 9 heteroatoms. The van der Waals surface area contributed by atoms with E-state index in [1.807, 2.05) is 0 Å². The van der Waals surface area contributed by atoms with Crippen LogP contribution in [0.15, 0.2) is 41.5 Å². The van der Waals surface area contributed by atoms with E-state index in [1.54, 1.807) is 36.4 Å². The Balaban J connectivity index is 2.10. The van der Waals surface area contributed by atoms with Gasteiger partial charge in [-0.3, -0.25) is 9.59 Å². The zero-order valence-electron chi connectivity index (χ0n) is 14.7. The Morgan fingerprint density at radius 2 is 2.00 bits per heavy atom. The SMILES string of the molecule is COc1cccc(C(=O)N/N=C/c2cc(Cl)c(OCC(N)=O)c(OC)c2)c1. The molecule has 27 heavy (non-hydrogen) atoms. The molecule has 3 N–H and O–H groups in total. The van der Waals surface area contributed by atoms with Crippen molar-refractivity contribution in [3.05, 3.63) is 52.5 Å². The molecule has 0 radical (unpaired) electrons. The van der Waals surface area contributed by atoms with Crippen LogP contribution in [0.1, 0.15) is 15.9 Å². The maximum Gasteiger partial charge on any atom is 0.271 e. The fourth-order valence-electron chi connectivity index (χ4n) is 2.09. The number of benzene rings is 2. The van der Waals surface area contributed by atoms with Gasteiger partial charge in [-0.2, -0.15) is 5.10 Å². The van der Waals surface area contributed by atoms with Crippen LogP contribution < -0.4 is 25.4 Å². The molecule has 2 aromatic carbocycles. The third-order valence-electron chi connectivity index (χ3n) is 3.32. The quantitative estimate of drug-likeness (QED) is 0.527. The average Bonchev–Trinajstić information content (AvgIpc) is 2.66. The second-order valence-electron chi connectivity index (χ2n) is 5.22. The summed E-state index contributed by atoms with van der Waals surface area (Å²) in [7, 11) is 2.94. The number of carbonyl (C=O) groups excluding carboxylic acids is 2. The van der Waals surface area contributed by atoms with Gasteiger partial charge in [-0.1, -0.05) is 17.7 Å². The number of nitrogens with two attached hydrogens (primary N) is 1. The number of primary amides is 1. The highest BCUT2D eigenvalue weighted by Gasteiger charge is 2.13. The number of nitrogens with zero attached hydrogens (tertiary/aromatic N) is 1. The van der Waals surface area contributed by atoms with Crippen LogP contribution in [0.2, 0.25) is 5.02 Å². The normalized spacial score (nSPS) is 10.5. The van der Waals surface area contributed by atoms with Gasteiger partial charge in [0, 0.05) is 5.56 Å². The topological polar surface area (TPSA) is 112 Å². The number of methoxy groups -OCH3 is 2. The molecule has 0 fully saturated rings. The lowest BCUT2D eigenvalue weighted by molar-refractivity contribution is -0.119. The van der Waals surface area contributed by atoms with E-state index in [0.29, 0.717) is 22.6 Å². The van der Waals surface area contributed by atoms with E-state index in [0.717, 1.165) is 0 Å². The zero-order valence-corrected chi connectivity index (χ0v) is 15.4. The van der Waals surface area contributed by atoms with Crippen LogP contribution in [0.3, 0.4) is 0 Å². The Morgan fingerprint density at radius 3 is 2.67 bits per heavy atom. The lowest BCUT2D eigenvalue weighted by Crippen LogP contribution is -2.20. The first-order valence-electron chi connectivity index (χ1n) is 7.70. The highest BCUT2D eigenvalue weighted by molar-refractivity contribution is 6.32. The standard InChI is InChI=1S/C18H18ClN3O5/c1-25-13-5-3-4-12(8-13)18(24)22-21-9-11-6-14(19)17(15(7-11)26-2)27-10-16(20)23/h3-9H,10H2,1-2H3,(H2,20,23)(H,22,24)/b21-9+. The lowest BCUT2D eigenvalue weighted by atomic mass is 10.2. The van der Waals surface area contributed by atoms with E-state index in [-0.39, 0.29) is 17.4 Å². The van der Waals surface area contributed by atoms with E-state index >= 15 is 0 Å². The van der Waals surface area contributed by atoms with Crippen LogP contribution in [-0.2, 0) is 4.79 Å². The predicted molar refractivity (Wildman–Crippen MR) is 101 cm³/mol. The molecule has 0 atom stereocenters. The number of hydrazone groups is 1. The minimum atomic E-state index is -0.640. The Labute approximate surface area is 160 Å². The van der Waals surface area contributed by atoms with Crippen molar-refractivity contribution in [2.45, 2.75) is 0 Å². The van der Waals surface area contributed by atoms with Gasteiger partial charge in [0.15, 0.2) is 18.1 Å². The van der Waals surface area contributed by atoms with E-state index in [2.05, 4.69) is 10.5 Å². The predicted octanol–water partition coefficient (Wildman–Crippen LogP) is 1.99. The maximum absolute atomic E-state index is 12.1. The van der Waals surface area contributed by atoms with Crippen LogP contribution >= 0.6 is 11.6 Å². The third kappa shape index (κ3) is 5.61. The summed E-state index contributed by atoms with van der Waals surface area (Å²) in [5, 5.41) is 4.10. The fourth-order valence-corrected chi connectivity index (χ4v) is 2.37. The van der Waals surface area contributed by atoms with Crippen molar-refractivity contribution in [2.24, 2.45) is 10.8 Å².